The first-order valence-corrected chi connectivity index (χ1v) is 9.41. The van der Waals surface area contributed by atoms with Gasteiger partial charge in [0.15, 0.2) is 11.5 Å². The molecule has 0 spiro atoms. The molecule has 2 heterocycles. The lowest BCUT2D eigenvalue weighted by Crippen LogP contribution is -2.35. The lowest BCUT2D eigenvalue weighted by molar-refractivity contribution is 0.228. The van der Waals surface area contributed by atoms with Crippen molar-refractivity contribution in [1.82, 2.24) is 4.90 Å². The number of aliphatic hydroxyl groups excluding tert-OH is 1. The first-order chi connectivity index (χ1) is 12.6. The molecule has 0 aromatic heterocycles. The zero-order valence-electron chi connectivity index (χ0n) is 15.8. The zero-order valence-corrected chi connectivity index (χ0v) is 15.8. The summed E-state index contributed by atoms with van der Waals surface area (Å²) in [4.78, 5) is 2.61. The second kappa shape index (κ2) is 6.93. The maximum absolute atomic E-state index is 9.70. The van der Waals surface area contributed by atoms with E-state index in [9.17, 15) is 5.11 Å². The van der Waals surface area contributed by atoms with Crippen molar-refractivity contribution in [2.24, 2.45) is 0 Å². The molecule has 2 atom stereocenters. The fraction of sp³-hybridized carbons (Fsp3) is 0.455. The molecule has 0 radical (unpaired) electrons. The van der Waals surface area contributed by atoms with Crippen LogP contribution in [0.1, 0.15) is 36.5 Å². The molecule has 4 heteroatoms. The van der Waals surface area contributed by atoms with E-state index in [4.69, 9.17) is 9.47 Å². The predicted molar refractivity (Wildman–Crippen MR) is 105 cm³/mol. The molecule has 0 unspecified atom stereocenters. The number of rotatable bonds is 4. The Morgan fingerprint density at radius 3 is 2.65 bits per heavy atom. The van der Waals surface area contributed by atoms with Gasteiger partial charge in [0.2, 0.25) is 0 Å². The van der Waals surface area contributed by atoms with E-state index in [0.29, 0.717) is 6.04 Å². The molecular formula is C22H27NO3. The van der Waals surface area contributed by atoms with Gasteiger partial charge in [0.1, 0.15) is 0 Å². The number of ether oxygens (including phenoxy) is 2. The summed E-state index contributed by atoms with van der Waals surface area (Å²) in [5, 5.41) is 12.1. The van der Waals surface area contributed by atoms with E-state index in [2.05, 4.69) is 29.2 Å². The summed E-state index contributed by atoms with van der Waals surface area (Å²) in [6.45, 7) is 3.96. The van der Waals surface area contributed by atoms with Crippen molar-refractivity contribution in [3.05, 3.63) is 41.0 Å². The van der Waals surface area contributed by atoms with Crippen molar-refractivity contribution in [3.63, 3.8) is 0 Å². The first-order valence-electron chi connectivity index (χ1n) is 9.41. The molecule has 1 fully saturated rings. The summed E-state index contributed by atoms with van der Waals surface area (Å²) in [6, 6.07) is 7.05. The summed E-state index contributed by atoms with van der Waals surface area (Å²) in [6.07, 6.45) is 7.12. The summed E-state index contributed by atoms with van der Waals surface area (Å²) in [7, 11) is 3.36. The van der Waals surface area contributed by atoms with E-state index < -0.39 is 6.10 Å². The number of hydrogen-bond acceptors (Lipinski definition) is 4. The van der Waals surface area contributed by atoms with Crippen LogP contribution >= 0.6 is 0 Å². The maximum Gasteiger partial charge on any atom is 0.161 e. The molecule has 2 aliphatic heterocycles. The Morgan fingerprint density at radius 1 is 1.15 bits per heavy atom. The third kappa shape index (κ3) is 2.97. The van der Waals surface area contributed by atoms with Crippen LogP contribution in [0.25, 0.3) is 16.8 Å². The van der Waals surface area contributed by atoms with Crippen LogP contribution < -0.4 is 9.47 Å². The zero-order chi connectivity index (χ0) is 18.3. The smallest absolute Gasteiger partial charge is 0.161 e. The van der Waals surface area contributed by atoms with Crippen LogP contribution in [0.5, 0.6) is 11.5 Å². The van der Waals surface area contributed by atoms with E-state index in [1.807, 2.05) is 6.08 Å². The van der Waals surface area contributed by atoms with E-state index >= 15 is 0 Å². The Balaban J connectivity index is 1.93. The second-order valence-corrected chi connectivity index (χ2v) is 7.42. The highest BCUT2D eigenvalue weighted by Gasteiger charge is 2.32. The largest absolute Gasteiger partial charge is 0.493 e. The van der Waals surface area contributed by atoms with Gasteiger partial charge in [-0.1, -0.05) is 12.2 Å². The quantitative estimate of drug-likeness (QED) is 0.908. The van der Waals surface area contributed by atoms with Gasteiger partial charge >= 0.3 is 0 Å². The first kappa shape index (κ1) is 17.4. The maximum atomic E-state index is 9.70. The van der Waals surface area contributed by atoms with Gasteiger partial charge < -0.3 is 14.6 Å². The van der Waals surface area contributed by atoms with Gasteiger partial charge in [-0.3, -0.25) is 4.90 Å². The minimum Gasteiger partial charge on any atom is -0.493 e. The Hall–Kier alpha value is -2.04. The van der Waals surface area contributed by atoms with Gasteiger partial charge in [0.25, 0.3) is 0 Å². The van der Waals surface area contributed by atoms with Gasteiger partial charge in [-0.25, -0.2) is 0 Å². The molecule has 0 amide bonds. The van der Waals surface area contributed by atoms with Crippen molar-refractivity contribution in [3.8, 4) is 11.5 Å². The number of aliphatic hydroxyl groups is 1. The van der Waals surface area contributed by atoms with Gasteiger partial charge in [-0.2, -0.15) is 0 Å². The molecule has 1 saturated heterocycles. The molecule has 26 heavy (non-hydrogen) atoms. The highest BCUT2D eigenvalue weighted by atomic mass is 16.5. The topological polar surface area (TPSA) is 41.9 Å². The molecule has 2 aromatic rings. The van der Waals surface area contributed by atoms with Crippen molar-refractivity contribution in [1.29, 1.82) is 0 Å². The van der Waals surface area contributed by atoms with Crippen molar-refractivity contribution >= 4 is 16.8 Å². The van der Waals surface area contributed by atoms with Crippen LogP contribution in [0.4, 0.5) is 0 Å². The van der Waals surface area contributed by atoms with Crippen LogP contribution in [0.3, 0.4) is 0 Å². The average molecular weight is 353 g/mol. The minimum absolute atomic E-state index is 0.449. The molecule has 0 bridgehead atoms. The molecule has 138 valence electrons. The van der Waals surface area contributed by atoms with E-state index in [1.165, 1.54) is 41.5 Å². The molecule has 0 saturated carbocycles. The fourth-order valence-electron chi connectivity index (χ4n) is 4.45. The number of methoxy groups -OCH3 is 2. The van der Waals surface area contributed by atoms with Crippen molar-refractivity contribution in [2.45, 2.75) is 44.9 Å². The summed E-state index contributed by atoms with van der Waals surface area (Å²) >= 11 is 0. The van der Waals surface area contributed by atoms with Gasteiger partial charge in [0, 0.05) is 12.6 Å². The molecule has 4 nitrogen and oxygen atoms in total. The average Bonchev–Trinajstić information content (AvgIpc) is 3.10. The number of hydrogen-bond donors (Lipinski definition) is 1. The third-order valence-corrected chi connectivity index (χ3v) is 5.76. The monoisotopic (exact) mass is 353 g/mol. The minimum atomic E-state index is -0.449. The summed E-state index contributed by atoms with van der Waals surface area (Å²) in [5.41, 5.74) is 4.02. The third-order valence-electron chi connectivity index (χ3n) is 5.76. The number of fused-ring (bicyclic) bond motifs is 4. The molecule has 0 aliphatic carbocycles. The fourth-order valence-corrected chi connectivity index (χ4v) is 4.45. The lowest BCUT2D eigenvalue weighted by Gasteiger charge is -2.33. The van der Waals surface area contributed by atoms with Crippen molar-refractivity contribution < 1.29 is 14.6 Å². The Morgan fingerprint density at radius 2 is 1.92 bits per heavy atom. The van der Waals surface area contributed by atoms with Gasteiger partial charge in [-0.15, -0.1) is 0 Å². The molecule has 4 rings (SSSR count). The second-order valence-electron chi connectivity index (χ2n) is 7.42. The van der Waals surface area contributed by atoms with Gasteiger partial charge in [0.05, 0.1) is 20.3 Å². The summed E-state index contributed by atoms with van der Waals surface area (Å²) in [5.74, 6) is 1.53. The van der Waals surface area contributed by atoms with E-state index in [-0.39, 0.29) is 0 Å². The molecule has 2 aromatic carbocycles. The highest BCUT2D eigenvalue weighted by molar-refractivity contribution is 5.92. The number of benzene rings is 2. The van der Waals surface area contributed by atoms with Gasteiger partial charge in [-0.05, 0) is 78.4 Å². The van der Waals surface area contributed by atoms with E-state index in [0.717, 1.165) is 29.9 Å². The van der Waals surface area contributed by atoms with E-state index in [1.54, 1.807) is 21.1 Å². The SMILES string of the molecule is COc1cc2cc(/C=C\[C@H](C)O)c3c(c2cc1OC)C[C@@H]1CCCN1C3. The van der Waals surface area contributed by atoms with Crippen LogP contribution in [0.15, 0.2) is 24.3 Å². The normalized spacial score (nSPS) is 21.0. The van der Waals surface area contributed by atoms with Crippen molar-refractivity contribution in [2.75, 3.05) is 20.8 Å². The summed E-state index contributed by atoms with van der Waals surface area (Å²) < 4.78 is 11.1. The van der Waals surface area contributed by atoms with Crippen LogP contribution in [-0.4, -0.2) is 42.9 Å². The Bertz CT molecular complexity index is 856. The molecule has 1 N–H and O–H groups in total. The van der Waals surface area contributed by atoms with Crippen LogP contribution in [0.2, 0.25) is 0 Å². The molecular weight excluding hydrogens is 326 g/mol. The highest BCUT2D eigenvalue weighted by Crippen LogP contribution is 2.40. The number of nitrogens with zero attached hydrogens (tertiary/aromatic N) is 1. The predicted octanol–water partition coefficient (Wildman–Crippen LogP) is 3.77. The Kier molecular flexibility index (Phi) is 4.63. The lowest BCUT2D eigenvalue weighted by atomic mass is 9.86. The standard InChI is InChI=1S/C22H27NO3/c1-14(24)6-7-15-9-16-10-21(25-2)22(26-3)12-18(16)19-11-17-5-4-8-23(17)13-20(15)19/h6-7,9-10,12,14,17,24H,4-5,8,11,13H2,1-3H3/b7-6-/t14-,17-/m0/s1. The Labute approximate surface area is 155 Å². The van der Waals surface area contributed by atoms with Crippen LogP contribution in [0, 0.1) is 0 Å². The molecule has 2 aliphatic rings. The van der Waals surface area contributed by atoms with Crippen LogP contribution in [-0.2, 0) is 13.0 Å².